The Morgan fingerprint density at radius 2 is 2.41 bits per heavy atom. The van der Waals surface area contributed by atoms with E-state index in [-0.39, 0.29) is 5.82 Å². The minimum absolute atomic E-state index is 0.151. The van der Waals surface area contributed by atoms with Gasteiger partial charge >= 0.3 is 5.69 Å². The van der Waals surface area contributed by atoms with E-state index in [0.717, 1.165) is 10.8 Å². The first kappa shape index (κ1) is 14.7. The summed E-state index contributed by atoms with van der Waals surface area (Å²) in [5.74, 6) is -0.151. The number of hydrogen-bond acceptors (Lipinski definition) is 8. The van der Waals surface area contributed by atoms with Gasteiger partial charge in [0.25, 0.3) is 0 Å². The van der Waals surface area contributed by atoms with Crippen molar-refractivity contribution in [2.75, 3.05) is 12.0 Å². The maximum Gasteiger partial charge on any atom is 0.351 e. The molecule has 0 aromatic carbocycles. The van der Waals surface area contributed by atoms with Gasteiger partial charge in [0.05, 0.1) is 6.54 Å². The first-order chi connectivity index (χ1) is 10.4. The molecule has 1 aliphatic carbocycles. The molecule has 2 fully saturated rings. The summed E-state index contributed by atoms with van der Waals surface area (Å²) in [6.07, 6.45) is -4.15. The average Bonchev–Trinajstić information content (AvgIpc) is 2.87. The monoisotopic (exact) mass is 314 g/mol. The number of alkyl halides is 1. The highest BCUT2D eigenvalue weighted by Gasteiger charge is 2.87. The summed E-state index contributed by atoms with van der Waals surface area (Å²) >= 11 is 0. The average molecular weight is 314 g/mol. The Balaban J connectivity index is 1.96. The van der Waals surface area contributed by atoms with Crippen molar-refractivity contribution in [3.63, 3.8) is 0 Å². The van der Waals surface area contributed by atoms with Crippen LogP contribution in [0.4, 0.5) is 10.2 Å². The third kappa shape index (κ3) is 1.60. The summed E-state index contributed by atoms with van der Waals surface area (Å²) in [4.78, 5) is 17.7. The van der Waals surface area contributed by atoms with E-state index in [1.165, 1.54) is 6.07 Å². The molecule has 22 heavy (non-hydrogen) atoms. The Morgan fingerprint density at radius 1 is 1.68 bits per heavy atom. The molecule has 4 N–H and O–H groups in total. The number of ether oxygens (including phenoxy) is 1. The molecule has 0 bridgehead atoms. The van der Waals surface area contributed by atoms with Gasteiger partial charge in [-0.15, -0.1) is 0 Å². The number of hydrogen-bond donors (Lipinski definition) is 4. The zero-order chi connectivity index (χ0) is 16.1. The molecule has 0 amide bonds. The van der Waals surface area contributed by atoms with Crippen molar-refractivity contribution in [3.8, 4) is 0 Å². The molecule has 0 spiro atoms. The number of rotatable bonds is 4. The summed E-state index contributed by atoms with van der Waals surface area (Å²) in [5.41, 5.74) is 4.99. The van der Waals surface area contributed by atoms with Crippen molar-refractivity contribution in [1.29, 1.82) is 0 Å². The van der Waals surface area contributed by atoms with Crippen LogP contribution in [0, 0.1) is 0 Å². The number of aliphatic hydroxyl groups excluding tert-OH is 1. The molecule has 2 heterocycles. The van der Waals surface area contributed by atoms with E-state index in [1.807, 2.05) is 0 Å². The molecule has 1 unspecified atom stereocenters. The first-order valence-electron chi connectivity index (χ1n) is 6.15. The molecule has 5 atom stereocenters. The van der Waals surface area contributed by atoms with Crippen LogP contribution < -0.4 is 11.2 Å². The van der Waals surface area contributed by atoms with Gasteiger partial charge in [0.1, 0.15) is 11.7 Å². The highest BCUT2D eigenvalue weighted by atomic mass is 19.1. The lowest BCUT2D eigenvalue weighted by Gasteiger charge is -2.21. The highest BCUT2D eigenvalue weighted by molar-refractivity contribution is 5.36. The molecule has 2 aliphatic rings. The molecule has 0 radical (unpaired) electrons. The minimum atomic E-state index is -2.26. The Kier molecular flexibility index (Phi) is 3.09. The number of nitrogens with zero attached hydrogens (tertiary/aromatic N) is 5. The molecular weight excluding hydrogens is 303 g/mol. The second-order valence-electron chi connectivity index (χ2n) is 5.03. The van der Waals surface area contributed by atoms with Gasteiger partial charge in [-0.2, -0.15) is 4.98 Å². The summed E-state index contributed by atoms with van der Waals surface area (Å²) in [6.45, 7) is -0.490. The van der Waals surface area contributed by atoms with Crippen molar-refractivity contribution in [2.24, 2.45) is 5.11 Å². The van der Waals surface area contributed by atoms with Gasteiger partial charge < -0.3 is 14.9 Å². The second kappa shape index (κ2) is 4.63. The normalized spacial score (nSPS) is 39.0. The second-order valence-corrected chi connectivity index (χ2v) is 5.03. The number of halogens is 1. The molecule has 1 aliphatic heterocycles. The van der Waals surface area contributed by atoms with Crippen LogP contribution in [0.25, 0.3) is 10.4 Å². The number of azide groups is 1. The standard InChI is InChI=1S/C10H11FN6O5/c11-5-6(17-2-1-4(15-21)14-8(17)19)22-9(3-13-16-12)7(18)10(5,9)20/h1-2,5-7,18,20-21H,3H2,(H,14,15,19)/t5-,6+,7?,9+,10-/m0/s1. The fourth-order valence-electron chi connectivity index (χ4n) is 2.78. The Bertz CT molecular complexity index is 722. The van der Waals surface area contributed by atoms with Crippen LogP contribution in [-0.4, -0.2) is 55.0 Å². The van der Waals surface area contributed by atoms with Gasteiger partial charge in [0.2, 0.25) is 0 Å². The van der Waals surface area contributed by atoms with Crippen molar-refractivity contribution in [2.45, 2.75) is 29.7 Å². The van der Waals surface area contributed by atoms with Crippen LogP contribution in [0.1, 0.15) is 6.23 Å². The molecule has 1 saturated carbocycles. The van der Waals surface area contributed by atoms with Crippen LogP contribution >= 0.6 is 0 Å². The Hall–Kier alpha value is -2.24. The molecular formula is C10H11FN6O5. The predicted octanol–water partition coefficient (Wildman–Crippen LogP) is -0.934. The maximum absolute atomic E-state index is 14.5. The van der Waals surface area contributed by atoms with Crippen LogP contribution in [0.5, 0.6) is 0 Å². The van der Waals surface area contributed by atoms with E-state index in [4.69, 9.17) is 15.5 Å². The lowest BCUT2D eigenvalue weighted by atomic mass is 10.1. The van der Waals surface area contributed by atoms with E-state index >= 15 is 0 Å². The van der Waals surface area contributed by atoms with Gasteiger partial charge in [0, 0.05) is 11.1 Å². The van der Waals surface area contributed by atoms with Gasteiger partial charge in [-0.25, -0.2) is 9.18 Å². The number of aliphatic hydroxyl groups is 2. The zero-order valence-corrected chi connectivity index (χ0v) is 10.9. The predicted molar refractivity (Wildman–Crippen MR) is 66.6 cm³/mol. The van der Waals surface area contributed by atoms with E-state index in [0.29, 0.717) is 0 Å². The Labute approximate surface area is 121 Å². The van der Waals surface area contributed by atoms with Crippen LogP contribution in [0.15, 0.2) is 22.2 Å². The fraction of sp³-hybridized carbons (Fsp3) is 0.600. The number of aromatic nitrogens is 2. The zero-order valence-electron chi connectivity index (χ0n) is 10.9. The molecule has 12 heteroatoms. The summed E-state index contributed by atoms with van der Waals surface area (Å²) in [5, 5.41) is 31.8. The summed E-state index contributed by atoms with van der Waals surface area (Å²) < 4.78 is 20.5. The molecule has 1 saturated heterocycles. The number of anilines is 1. The largest absolute Gasteiger partial charge is 0.387 e. The van der Waals surface area contributed by atoms with Crippen LogP contribution in [0.3, 0.4) is 0 Å². The summed E-state index contributed by atoms with van der Waals surface area (Å²) in [6, 6.07) is 1.18. The van der Waals surface area contributed by atoms with Gasteiger partial charge in [-0.05, 0) is 11.6 Å². The third-order valence-corrected chi connectivity index (χ3v) is 4.04. The molecule has 11 nitrogen and oxygen atoms in total. The lowest BCUT2D eigenvalue weighted by Crippen LogP contribution is -2.38. The van der Waals surface area contributed by atoms with E-state index in [9.17, 15) is 19.4 Å². The SMILES string of the molecule is [N-]=[N+]=NC[C@]12O[C@@H](n3ccc(NO)nc3=O)[C@H](F)[C@]1(O)C2O. The van der Waals surface area contributed by atoms with Gasteiger partial charge in [-0.3, -0.25) is 15.3 Å². The minimum Gasteiger partial charge on any atom is -0.387 e. The van der Waals surface area contributed by atoms with E-state index in [2.05, 4.69) is 15.0 Å². The van der Waals surface area contributed by atoms with Gasteiger partial charge in [0.15, 0.2) is 23.8 Å². The fourth-order valence-corrected chi connectivity index (χ4v) is 2.78. The lowest BCUT2D eigenvalue weighted by molar-refractivity contribution is -0.0903. The van der Waals surface area contributed by atoms with Gasteiger partial charge in [-0.1, -0.05) is 5.11 Å². The third-order valence-electron chi connectivity index (χ3n) is 4.04. The van der Waals surface area contributed by atoms with Crippen LogP contribution in [-0.2, 0) is 4.74 Å². The number of fused-ring (bicyclic) bond motifs is 1. The summed E-state index contributed by atoms with van der Waals surface area (Å²) in [7, 11) is 0. The first-order valence-corrected chi connectivity index (χ1v) is 6.15. The Morgan fingerprint density at radius 3 is 3.00 bits per heavy atom. The highest BCUT2D eigenvalue weighted by Crippen LogP contribution is 2.63. The maximum atomic E-state index is 14.5. The smallest absolute Gasteiger partial charge is 0.351 e. The molecule has 1 aromatic heterocycles. The van der Waals surface area contributed by atoms with Crippen molar-refractivity contribution < 1.29 is 24.5 Å². The topological polar surface area (TPSA) is 166 Å². The van der Waals surface area contributed by atoms with Crippen LogP contribution in [0.2, 0.25) is 0 Å². The molecule has 3 rings (SSSR count). The van der Waals surface area contributed by atoms with Crippen molar-refractivity contribution in [3.05, 3.63) is 33.2 Å². The van der Waals surface area contributed by atoms with Crippen molar-refractivity contribution in [1.82, 2.24) is 9.55 Å². The molecule has 118 valence electrons. The molecule has 1 aromatic rings. The quantitative estimate of drug-likeness (QED) is 0.241. The number of nitrogens with one attached hydrogen (secondary N) is 1. The van der Waals surface area contributed by atoms with E-state index in [1.54, 1.807) is 5.48 Å². The van der Waals surface area contributed by atoms with E-state index < -0.39 is 41.9 Å². The van der Waals surface area contributed by atoms with Crippen molar-refractivity contribution >= 4 is 5.82 Å².